The highest BCUT2D eigenvalue weighted by atomic mass is 16.5. The maximum Gasteiger partial charge on any atom is 0.264 e. The summed E-state index contributed by atoms with van der Waals surface area (Å²) in [4.78, 5) is 17.2. The molecular weight excluding hydrogens is 486 g/mol. The van der Waals surface area contributed by atoms with Gasteiger partial charge < -0.3 is 19.3 Å². The van der Waals surface area contributed by atoms with E-state index in [4.69, 9.17) is 9.47 Å². The minimum atomic E-state index is -0.250. The van der Waals surface area contributed by atoms with Crippen molar-refractivity contribution in [1.29, 1.82) is 5.26 Å². The fourth-order valence-electron chi connectivity index (χ4n) is 4.78. The van der Waals surface area contributed by atoms with E-state index in [0.29, 0.717) is 43.4 Å². The van der Waals surface area contributed by atoms with Crippen molar-refractivity contribution in [2.75, 3.05) is 37.7 Å². The van der Waals surface area contributed by atoms with Gasteiger partial charge in [0.15, 0.2) is 11.5 Å². The highest BCUT2D eigenvalue weighted by molar-refractivity contribution is 6.01. The molecule has 0 aromatic heterocycles. The lowest BCUT2D eigenvalue weighted by atomic mass is 10.1. The number of carbonyl (C=O) groups is 1. The molecule has 0 aliphatic carbocycles. The first-order valence-electron chi connectivity index (χ1n) is 13.2. The number of hydrogen-bond acceptors (Lipinski definition) is 5. The minimum Gasteiger partial charge on any atom is -0.490 e. The zero-order chi connectivity index (χ0) is 27.0. The van der Waals surface area contributed by atoms with Crippen molar-refractivity contribution in [2.24, 2.45) is 0 Å². The van der Waals surface area contributed by atoms with Gasteiger partial charge in [-0.1, -0.05) is 60.7 Å². The fraction of sp³-hybridized carbons (Fsp3) is 0.212. The SMILES string of the molecule is CCOc1cc(/C=C(/C#N)C(=O)N2CCN(c3ccccc3)CC2)ccc1OCc1ccc2ccccc2c1. The summed E-state index contributed by atoms with van der Waals surface area (Å²) in [5.41, 5.74) is 3.02. The van der Waals surface area contributed by atoms with Gasteiger partial charge in [0.1, 0.15) is 18.2 Å². The third-order valence-corrected chi connectivity index (χ3v) is 6.83. The number of fused-ring (bicyclic) bond motifs is 1. The van der Waals surface area contributed by atoms with E-state index in [1.807, 2.05) is 55.5 Å². The quantitative estimate of drug-likeness (QED) is 0.210. The predicted octanol–water partition coefficient (Wildman–Crippen LogP) is 6.07. The van der Waals surface area contributed by atoms with Crippen LogP contribution in [0.25, 0.3) is 16.8 Å². The molecule has 1 amide bonds. The second-order valence-electron chi connectivity index (χ2n) is 9.39. The molecule has 4 aromatic rings. The summed E-state index contributed by atoms with van der Waals surface area (Å²) in [5, 5.41) is 12.2. The van der Waals surface area contributed by atoms with E-state index in [9.17, 15) is 10.1 Å². The lowest BCUT2D eigenvalue weighted by molar-refractivity contribution is -0.126. The molecular formula is C33H31N3O3. The Balaban J connectivity index is 1.27. The third kappa shape index (κ3) is 6.22. The van der Waals surface area contributed by atoms with Crippen LogP contribution < -0.4 is 14.4 Å². The van der Waals surface area contributed by atoms with Gasteiger partial charge in [-0.15, -0.1) is 0 Å². The van der Waals surface area contributed by atoms with Crippen LogP contribution in [0.3, 0.4) is 0 Å². The van der Waals surface area contributed by atoms with Crippen LogP contribution >= 0.6 is 0 Å². The van der Waals surface area contributed by atoms with E-state index >= 15 is 0 Å². The second-order valence-corrected chi connectivity index (χ2v) is 9.39. The van der Waals surface area contributed by atoms with E-state index in [1.165, 1.54) is 10.8 Å². The first kappa shape index (κ1) is 25.9. The van der Waals surface area contributed by atoms with Crippen LogP contribution in [0.2, 0.25) is 0 Å². The van der Waals surface area contributed by atoms with Gasteiger partial charge in [-0.2, -0.15) is 5.26 Å². The molecule has 196 valence electrons. The van der Waals surface area contributed by atoms with Crippen LogP contribution in [0.4, 0.5) is 5.69 Å². The van der Waals surface area contributed by atoms with Crippen LogP contribution in [0.5, 0.6) is 11.5 Å². The van der Waals surface area contributed by atoms with E-state index in [0.717, 1.165) is 24.3 Å². The largest absolute Gasteiger partial charge is 0.490 e. The standard InChI is InChI=1S/C33H31N3O3/c1-2-38-32-22-25(13-15-31(32)39-24-26-12-14-27-8-6-7-9-28(27)21-26)20-29(23-34)33(37)36-18-16-35(17-19-36)30-10-4-3-5-11-30/h3-15,20-22H,2,16-19,24H2,1H3/b29-20-. The maximum atomic E-state index is 13.2. The number of hydrogen-bond donors (Lipinski definition) is 0. The van der Waals surface area contributed by atoms with Crippen molar-refractivity contribution in [1.82, 2.24) is 4.90 Å². The van der Waals surface area contributed by atoms with Gasteiger partial charge in [0.2, 0.25) is 0 Å². The highest BCUT2D eigenvalue weighted by Crippen LogP contribution is 2.31. The van der Waals surface area contributed by atoms with Gasteiger partial charge in [0, 0.05) is 31.9 Å². The molecule has 0 N–H and O–H groups in total. The van der Waals surface area contributed by atoms with Crippen LogP contribution in [-0.2, 0) is 11.4 Å². The van der Waals surface area contributed by atoms with Gasteiger partial charge in [-0.05, 0) is 65.2 Å². The molecule has 0 unspecified atom stereocenters. The van der Waals surface area contributed by atoms with Gasteiger partial charge in [-0.3, -0.25) is 4.79 Å². The average molecular weight is 518 g/mol. The molecule has 1 aliphatic rings. The Morgan fingerprint density at radius 3 is 2.33 bits per heavy atom. The van der Waals surface area contributed by atoms with E-state index in [-0.39, 0.29) is 11.5 Å². The molecule has 0 bridgehead atoms. The minimum absolute atomic E-state index is 0.107. The number of benzene rings is 4. The zero-order valence-corrected chi connectivity index (χ0v) is 22.0. The Bertz CT molecular complexity index is 1520. The third-order valence-electron chi connectivity index (χ3n) is 6.83. The van der Waals surface area contributed by atoms with Crippen molar-refractivity contribution >= 4 is 28.4 Å². The summed E-state index contributed by atoms with van der Waals surface area (Å²) in [6.45, 7) is 5.37. The summed E-state index contributed by atoms with van der Waals surface area (Å²) in [5.74, 6) is 0.942. The molecule has 1 fully saturated rings. The molecule has 1 aliphatic heterocycles. The van der Waals surface area contributed by atoms with Gasteiger partial charge in [0.25, 0.3) is 5.91 Å². The first-order valence-corrected chi connectivity index (χ1v) is 13.2. The van der Waals surface area contributed by atoms with Crippen molar-refractivity contribution in [3.05, 3.63) is 108 Å². The number of ether oxygens (including phenoxy) is 2. The molecule has 39 heavy (non-hydrogen) atoms. The topological polar surface area (TPSA) is 65.8 Å². The van der Waals surface area contributed by atoms with Crippen LogP contribution in [0.15, 0.2) is 96.6 Å². The molecule has 1 heterocycles. The Kier molecular flexibility index (Phi) is 8.09. The van der Waals surface area contributed by atoms with E-state index in [2.05, 4.69) is 53.4 Å². The summed E-state index contributed by atoms with van der Waals surface area (Å²) < 4.78 is 12.0. The summed E-state index contributed by atoms with van der Waals surface area (Å²) in [6.07, 6.45) is 1.63. The number of anilines is 1. The van der Waals surface area contributed by atoms with Gasteiger partial charge in [0.05, 0.1) is 6.61 Å². The van der Waals surface area contributed by atoms with Gasteiger partial charge in [-0.25, -0.2) is 0 Å². The molecule has 6 heteroatoms. The molecule has 0 atom stereocenters. The number of piperazine rings is 1. The molecule has 5 rings (SSSR count). The lowest BCUT2D eigenvalue weighted by Gasteiger charge is -2.36. The first-order chi connectivity index (χ1) is 19.1. The maximum absolute atomic E-state index is 13.2. The molecule has 0 radical (unpaired) electrons. The fourth-order valence-corrected chi connectivity index (χ4v) is 4.78. The van der Waals surface area contributed by atoms with Crippen molar-refractivity contribution in [3.8, 4) is 17.6 Å². The van der Waals surface area contributed by atoms with Crippen LogP contribution in [-0.4, -0.2) is 43.6 Å². The van der Waals surface area contributed by atoms with E-state index < -0.39 is 0 Å². The number of nitrogens with zero attached hydrogens (tertiary/aromatic N) is 3. The lowest BCUT2D eigenvalue weighted by Crippen LogP contribution is -2.49. The van der Waals surface area contributed by atoms with Crippen LogP contribution in [0, 0.1) is 11.3 Å². The highest BCUT2D eigenvalue weighted by Gasteiger charge is 2.24. The molecule has 0 spiro atoms. The summed E-state index contributed by atoms with van der Waals surface area (Å²) >= 11 is 0. The van der Waals surface area contributed by atoms with Crippen molar-refractivity contribution < 1.29 is 14.3 Å². The predicted molar refractivity (Wildman–Crippen MR) is 155 cm³/mol. The number of carbonyl (C=O) groups excluding carboxylic acids is 1. The monoisotopic (exact) mass is 517 g/mol. The van der Waals surface area contributed by atoms with Crippen LogP contribution in [0.1, 0.15) is 18.1 Å². The Labute approximate surface area is 229 Å². The number of rotatable bonds is 8. The molecule has 4 aromatic carbocycles. The number of para-hydroxylation sites is 1. The smallest absolute Gasteiger partial charge is 0.264 e. The Morgan fingerprint density at radius 2 is 1.59 bits per heavy atom. The van der Waals surface area contributed by atoms with Crippen molar-refractivity contribution in [2.45, 2.75) is 13.5 Å². The van der Waals surface area contributed by atoms with Crippen molar-refractivity contribution in [3.63, 3.8) is 0 Å². The second kappa shape index (κ2) is 12.2. The normalized spacial score (nSPS) is 13.7. The summed E-state index contributed by atoms with van der Waals surface area (Å²) in [7, 11) is 0. The summed E-state index contributed by atoms with van der Waals surface area (Å²) in [6, 6.07) is 32.3. The number of amides is 1. The Hall–Kier alpha value is -4.76. The molecule has 0 saturated carbocycles. The van der Waals surface area contributed by atoms with E-state index in [1.54, 1.807) is 11.0 Å². The average Bonchev–Trinajstić information content (AvgIpc) is 2.99. The zero-order valence-electron chi connectivity index (χ0n) is 22.0. The molecule has 1 saturated heterocycles. The Morgan fingerprint density at radius 1 is 0.846 bits per heavy atom. The van der Waals surface area contributed by atoms with Gasteiger partial charge >= 0.3 is 0 Å². The molecule has 6 nitrogen and oxygen atoms in total. The number of nitriles is 1.